The van der Waals surface area contributed by atoms with Crippen molar-refractivity contribution in [3.05, 3.63) is 84.4 Å². The third-order valence-electron chi connectivity index (χ3n) is 9.31. The number of urea groups is 1. The number of nitrogens with zero attached hydrogens (tertiary/aromatic N) is 2. The Kier molecular flexibility index (Phi) is 10.8. The van der Waals surface area contributed by atoms with Crippen LogP contribution in [0.2, 0.25) is 0 Å². The summed E-state index contributed by atoms with van der Waals surface area (Å²) >= 11 is 0. The monoisotopic (exact) mass is 639 g/mol. The predicted octanol–water partition coefficient (Wildman–Crippen LogP) is 6.64. The average Bonchev–Trinajstić information content (AvgIpc) is 3.81. The van der Waals surface area contributed by atoms with Crippen molar-refractivity contribution in [2.75, 3.05) is 48.3 Å². The van der Waals surface area contributed by atoms with Crippen LogP contribution in [-0.2, 0) is 16.1 Å². The number of hydrogen-bond acceptors (Lipinski definition) is 6. The Labute approximate surface area is 276 Å². The number of nitrogens with one attached hydrogen (secondary N) is 3. The fourth-order valence-electron chi connectivity index (χ4n) is 6.66. The number of hydrogen-bond donors (Lipinski definition) is 3. The molecule has 4 amide bonds. The van der Waals surface area contributed by atoms with Gasteiger partial charge in [0.05, 0.1) is 12.0 Å². The van der Waals surface area contributed by atoms with E-state index in [-0.39, 0.29) is 30.6 Å². The van der Waals surface area contributed by atoms with Gasteiger partial charge in [0.15, 0.2) is 0 Å². The van der Waals surface area contributed by atoms with Crippen molar-refractivity contribution in [1.29, 1.82) is 0 Å². The zero-order valence-corrected chi connectivity index (χ0v) is 26.9. The topological polar surface area (TPSA) is 112 Å². The van der Waals surface area contributed by atoms with Gasteiger partial charge in [-0.2, -0.15) is 0 Å². The summed E-state index contributed by atoms with van der Waals surface area (Å²) in [6, 6.07) is 24.6. The first kappa shape index (κ1) is 32.2. The Morgan fingerprint density at radius 1 is 0.745 bits per heavy atom. The zero-order valence-electron chi connectivity index (χ0n) is 26.9. The second-order valence-electron chi connectivity index (χ2n) is 12.8. The molecular weight excluding hydrogens is 594 g/mol. The number of anilines is 3. The van der Waals surface area contributed by atoms with Gasteiger partial charge < -0.3 is 35.2 Å². The quantitative estimate of drug-likeness (QED) is 0.229. The first-order valence-electron chi connectivity index (χ1n) is 16.9. The Balaban J connectivity index is 0.896. The smallest absolute Gasteiger partial charge is 0.410 e. The highest BCUT2D eigenvalue weighted by molar-refractivity contribution is 5.99. The number of carbonyl (C=O) groups is 3. The molecule has 0 aromatic heterocycles. The van der Waals surface area contributed by atoms with E-state index in [1.165, 1.54) is 12.8 Å². The minimum atomic E-state index is -0.366. The highest BCUT2D eigenvalue weighted by Crippen LogP contribution is 2.27. The molecule has 2 unspecified atom stereocenters. The Morgan fingerprint density at radius 3 is 2.17 bits per heavy atom. The Bertz CT molecular complexity index is 1480. The first-order chi connectivity index (χ1) is 23.0. The van der Waals surface area contributed by atoms with Crippen molar-refractivity contribution in [2.24, 2.45) is 11.8 Å². The van der Waals surface area contributed by atoms with Crippen molar-refractivity contribution >= 4 is 35.1 Å². The number of amides is 4. The molecule has 3 aromatic rings. The summed E-state index contributed by atoms with van der Waals surface area (Å²) in [7, 11) is 0. The maximum atomic E-state index is 13.0. The van der Waals surface area contributed by atoms with Crippen molar-refractivity contribution in [3.63, 3.8) is 0 Å². The van der Waals surface area contributed by atoms with E-state index in [1.807, 2.05) is 78.9 Å². The fraction of sp³-hybridized carbons (Fsp3) is 0.432. The molecule has 2 saturated heterocycles. The van der Waals surface area contributed by atoms with Crippen molar-refractivity contribution in [2.45, 2.75) is 57.7 Å². The average molecular weight is 640 g/mol. The third kappa shape index (κ3) is 9.18. The van der Waals surface area contributed by atoms with Crippen LogP contribution in [0.4, 0.5) is 26.7 Å². The van der Waals surface area contributed by atoms with E-state index in [2.05, 4.69) is 20.9 Å². The molecule has 10 nitrogen and oxygen atoms in total. The van der Waals surface area contributed by atoms with Crippen molar-refractivity contribution in [3.8, 4) is 5.75 Å². The molecule has 0 bridgehead atoms. The second-order valence-corrected chi connectivity index (χ2v) is 12.8. The lowest BCUT2D eigenvalue weighted by molar-refractivity contribution is -0.126. The van der Waals surface area contributed by atoms with Crippen molar-refractivity contribution in [1.82, 2.24) is 10.2 Å². The van der Waals surface area contributed by atoms with Crippen molar-refractivity contribution < 1.29 is 23.9 Å². The van der Waals surface area contributed by atoms with Crippen LogP contribution in [0.25, 0.3) is 0 Å². The molecule has 2 heterocycles. The van der Waals surface area contributed by atoms with Crippen LogP contribution >= 0.6 is 0 Å². The van der Waals surface area contributed by atoms with Gasteiger partial charge in [-0.3, -0.25) is 4.79 Å². The van der Waals surface area contributed by atoms with Crippen LogP contribution in [-0.4, -0.2) is 61.8 Å². The van der Waals surface area contributed by atoms with Gasteiger partial charge >= 0.3 is 12.1 Å². The maximum Gasteiger partial charge on any atom is 0.410 e. The molecule has 3 aromatic carbocycles. The van der Waals surface area contributed by atoms with E-state index < -0.39 is 0 Å². The SMILES string of the molecule is O=C(Nc1ccc(OC2CCCC2)cc1)Nc1ccc(N2CCC(CNC(=O)C3CCCN(C(=O)OCc4ccccc4)C3)C2)cc1. The summed E-state index contributed by atoms with van der Waals surface area (Å²) in [6.07, 6.45) is 7.13. The predicted molar refractivity (Wildman–Crippen MR) is 183 cm³/mol. The van der Waals surface area contributed by atoms with Gasteiger partial charge in [0.2, 0.25) is 5.91 Å². The van der Waals surface area contributed by atoms with Gasteiger partial charge in [-0.1, -0.05) is 30.3 Å². The van der Waals surface area contributed by atoms with Crippen LogP contribution in [0.15, 0.2) is 78.9 Å². The van der Waals surface area contributed by atoms with E-state index in [1.54, 1.807) is 4.90 Å². The summed E-state index contributed by atoms with van der Waals surface area (Å²) in [5.41, 5.74) is 3.44. The summed E-state index contributed by atoms with van der Waals surface area (Å²) in [5.74, 6) is 0.955. The van der Waals surface area contributed by atoms with E-state index in [0.29, 0.717) is 43.0 Å². The molecule has 3 aliphatic rings. The summed E-state index contributed by atoms with van der Waals surface area (Å²) < 4.78 is 11.5. The minimum absolute atomic E-state index is 0.00561. The number of ether oxygens (including phenoxy) is 2. The lowest BCUT2D eigenvalue weighted by Crippen LogP contribution is -2.46. The molecule has 2 atom stereocenters. The Morgan fingerprint density at radius 2 is 1.45 bits per heavy atom. The maximum absolute atomic E-state index is 13.0. The number of likely N-dealkylation sites (tertiary alicyclic amines) is 1. The number of carbonyl (C=O) groups excluding carboxylic acids is 3. The molecule has 1 aliphatic carbocycles. The summed E-state index contributed by atoms with van der Waals surface area (Å²) in [4.78, 5) is 42.2. The number of piperidine rings is 1. The van der Waals surface area contributed by atoms with Gasteiger partial charge in [-0.05, 0) is 105 Å². The normalized spacial score (nSPS) is 19.7. The van der Waals surface area contributed by atoms with E-state index in [0.717, 1.165) is 62.2 Å². The summed E-state index contributed by atoms with van der Waals surface area (Å²) in [6.45, 7) is 3.58. The fourth-order valence-corrected chi connectivity index (χ4v) is 6.66. The molecule has 248 valence electrons. The molecule has 0 radical (unpaired) electrons. The van der Waals surface area contributed by atoms with E-state index in [4.69, 9.17) is 9.47 Å². The highest BCUT2D eigenvalue weighted by atomic mass is 16.6. The van der Waals surface area contributed by atoms with Crippen LogP contribution in [0.5, 0.6) is 5.75 Å². The number of rotatable bonds is 10. The first-order valence-corrected chi connectivity index (χ1v) is 16.9. The number of benzene rings is 3. The van der Waals surface area contributed by atoms with E-state index in [9.17, 15) is 14.4 Å². The van der Waals surface area contributed by atoms with Crippen LogP contribution in [0, 0.1) is 11.8 Å². The molecule has 3 N–H and O–H groups in total. The Hall–Kier alpha value is -4.73. The largest absolute Gasteiger partial charge is 0.490 e. The van der Waals surface area contributed by atoms with E-state index >= 15 is 0 Å². The van der Waals surface area contributed by atoms with Gasteiger partial charge in [-0.15, -0.1) is 0 Å². The molecule has 3 fully saturated rings. The van der Waals surface area contributed by atoms with Crippen LogP contribution < -0.4 is 25.6 Å². The second kappa shape index (κ2) is 15.7. The van der Waals surface area contributed by atoms with Gasteiger partial charge in [0, 0.05) is 49.8 Å². The third-order valence-corrected chi connectivity index (χ3v) is 9.31. The lowest BCUT2D eigenvalue weighted by Gasteiger charge is -2.31. The molecule has 10 heteroatoms. The zero-order chi connectivity index (χ0) is 32.4. The molecular formula is C37H45N5O5. The van der Waals surface area contributed by atoms with Crippen LogP contribution in [0.3, 0.4) is 0 Å². The highest BCUT2D eigenvalue weighted by Gasteiger charge is 2.30. The molecule has 47 heavy (non-hydrogen) atoms. The summed E-state index contributed by atoms with van der Waals surface area (Å²) in [5, 5.41) is 8.92. The molecule has 1 saturated carbocycles. The minimum Gasteiger partial charge on any atom is -0.490 e. The molecule has 2 aliphatic heterocycles. The van der Waals surface area contributed by atoms with Gasteiger partial charge in [-0.25, -0.2) is 9.59 Å². The van der Waals surface area contributed by atoms with Crippen LogP contribution in [0.1, 0.15) is 50.5 Å². The standard InChI is InChI=1S/C37H45N5O5/c43-35(29-9-6-21-42(25-29)37(45)46-26-27-7-2-1-3-8-27)38-23-28-20-22-41(24-28)32-16-12-30(13-17-32)39-36(44)40-31-14-18-34(19-15-31)47-33-10-4-5-11-33/h1-3,7-8,12-19,28-29,33H,4-6,9-11,20-26H2,(H,38,43)(H2,39,40,44). The van der Waals surface area contributed by atoms with Gasteiger partial charge in [0.1, 0.15) is 12.4 Å². The lowest BCUT2D eigenvalue weighted by atomic mass is 9.97. The molecule has 6 rings (SSSR count). The van der Waals surface area contributed by atoms with Gasteiger partial charge in [0.25, 0.3) is 0 Å². The molecule has 0 spiro atoms.